The van der Waals surface area contributed by atoms with E-state index >= 15 is 0 Å². The molecule has 0 aromatic heterocycles. The molecule has 0 aliphatic rings. The fraction of sp³-hybridized carbons (Fsp3) is 0.333. The van der Waals surface area contributed by atoms with E-state index < -0.39 is 0 Å². The highest BCUT2D eigenvalue weighted by Gasteiger charge is 2.09. The maximum atomic E-state index is 13.0. The van der Waals surface area contributed by atoms with Gasteiger partial charge in [0.05, 0.1) is 0 Å². The van der Waals surface area contributed by atoms with Crippen molar-refractivity contribution in [3.63, 3.8) is 0 Å². The molecule has 0 aliphatic carbocycles. The van der Waals surface area contributed by atoms with Crippen molar-refractivity contribution in [1.82, 2.24) is 0 Å². The Morgan fingerprint density at radius 2 is 2.13 bits per heavy atom. The molecule has 1 atom stereocenters. The van der Waals surface area contributed by atoms with Crippen molar-refractivity contribution in [2.24, 2.45) is 5.73 Å². The predicted molar refractivity (Wildman–Crippen MR) is 64.7 cm³/mol. The second-order valence-corrected chi connectivity index (χ2v) is 3.77. The quantitative estimate of drug-likeness (QED) is 0.789. The van der Waals surface area contributed by atoms with Crippen molar-refractivity contribution in [2.75, 3.05) is 0 Å². The molecule has 15 heavy (non-hydrogen) atoms. The fourth-order valence-corrected chi connectivity index (χ4v) is 1.50. The first kappa shape index (κ1) is 14.1. The molecule has 3 heteroatoms. The number of rotatable bonds is 3. The molecular formula is C12H17ClFN. The molecule has 1 aromatic carbocycles. The number of hydrogen-bond acceptors (Lipinski definition) is 1. The van der Waals surface area contributed by atoms with E-state index in [0.717, 1.165) is 16.7 Å². The maximum absolute atomic E-state index is 13.0. The van der Waals surface area contributed by atoms with Gasteiger partial charge in [-0.2, -0.15) is 0 Å². The Balaban J connectivity index is 0.00000196. The standard InChI is InChI=1S/C12H16FN.ClH/c1-8(2)6-12(14)11-7-10(13)5-4-9(11)3;/h4-5,7,12H,1,6,14H2,2-3H3;1H/t12-;/m1./s1. The largest absolute Gasteiger partial charge is 0.324 e. The van der Waals surface area contributed by atoms with Gasteiger partial charge >= 0.3 is 0 Å². The van der Waals surface area contributed by atoms with Gasteiger partial charge in [0.1, 0.15) is 5.82 Å². The van der Waals surface area contributed by atoms with Crippen LogP contribution in [-0.2, 0) is 0 Å². The van der Waals surface area contributed by atoms with Gasteiger partial charge in [-0.05, 0) is 43.5 Å². The number of nitrogens with two attached hydrogens (primary N) is 1. The van der Waals surface area contributed by atoms with Crippen molar-refractivity contribution >= 4 is 12.4 Å². The highest BCUT2D eigenvalue weighted by atomic mass is 35.5. The van der Waals surface area contributed by atoms with Crippen LogP contribution in [0.25, 0.3) is 0 Å². The van der Waals surface area contributed by atoms with Crippen LogP contribution in [0.15, 0.2) is 30.4 Å². The SMILES string of the molecule is C=C(C)C[C@@H](N)c1cc(F)ccc1C.Cl. The van der Waals surface area contributed by atoms with E-state index in [1.807, 2.05) is 13.8 Å². The van der Waals surface area contributed by atoms with Crippen molar-refractivity contribution < 1.29 is 4.39 Å². The highest BCUT2D eigenvalue weighted by Crippen LogP contribution is 2.21. The number of benzene rings is 1. The Morgan fingerprint density at radius 3 is 2.67 bits per heavy atom. The van der Waals surface area contributed by atoms with E-state index in [2.05, 4.69) is 6.58 Å². The molecule has 1 nitrogen and oxygen atoms in total. The average Bonchev–Trinajstić information content (AvgIpc) is 2.08. The molecule has 84 valence electrons. The van der Waals surface area contributed by atoms with Gasteiger partial charge in [0.2, 0.25) is 0 Å². The minimum Gasteiger partial charge on any atom is -0.324 e. The summed E-state index contributed by atoms with van der Waals surface area (Å²) in [7, 11) is 0. The molecule has 1 rings (SSSR count). The van der Waals surface area contributed by atoms with Gasteiger partial charge in [0.15, 0.2) is 0 Å². The van der Waals surface area contributed by atoms with E-state index in [0.29, 0.717) is 6.42 Å². The van der Waals surface area contributed by atoms with Crippen molar-refractivity contribution in [1.29, 1.82) is 0 Å². The molecule has 0 amide bonds. The minimum absolute atomic E-state index is 0. The summed E-state index contributed by atoms with van der Waals surface area (Å²) in [5.41, 5.74) is 8.85. The van der Waals surface area contributed by atoms with Crippen LogP contribution >= 0.6 is 12.4 Å². The maximum Gasteiger partial charge on any atom is 0.123 e. The number of aryl methyl sites for hydroxylation is 1. The smallest absolute Gasteiger partial charge is 0.123 e. The van der Waals surface area contributed by atoms with E-state index in [1.165, 1.54) is 12.1 Å². The molecule has 0 heterocycles. The molecule has 0 bridgehead atoms. The Labute approximate surface area is 96.6 Å². The van der Waals surface area contributed by atoms with Gasteiger partial charge in [0, 0.05) is 6.04 Å². The molecule has 0 saturated heterocycles. The number of halogens is 2. The van der Waals surface area contributed by atoms with Crippen molar-refractivity contribution in [3.8, 4) is 0 Å². The van der Waals surface area contributed by atoms with Gasteiger partial charge in [-0.15, -0.1) is 19.0 Å². The lowest BCUT2D eigenvalue weighted by molar-refractivity contribution is 0.617. The average molecular weight is 230 g/mol. The lowest BCUT2D eigenvalue weighted by Gasteiger charge is -2.14. The van der Waals surface area contributed by atoms with Crippen LogP contribution in [0.2, 0.25) is 0 Å². The summed E-state index contributed by atoms with van der Waals surface area (Å²) in [6, 6.07) is 4.56. The zero-order chi connectivity index (χ0) is 10.7. The van der Waals surface area contributed by atoms with Crippen molar-refractivity contribution in [2.45, 2.75) is 26.3 Å². The lowest BCUT2D eigenvalue weighted by atomic mass is 9.97. The molecule has 2 N–H and O–H groups in total. The van der Waals surface area contributed by atoms with E-state index in [9.17, 15) is 4.39 Å². The van der Waals surface area contributed by atoms with Crippen LogP contribution in [0.4, 0.5) is 4.39 Å². The Bertz CT molecular complexity index is 349. The van der Waals surface area contributed by atoms with Crippen LogP contribution in [0.1, 0.15) is 30.5 Å². The van der Waals surface area contributed by atoms with Crippen molar-refractivity contribution in [3.05, 3.63) is 47.3 Å². The van der Waals surface area contributed by atoms with E-state index in [1.54, 1.807) is 6.07 Å². The second kappa shape index (κ2) is 5.89. The predicted octanol–water partition coefficient (Wildman–Crippen LogP) is 3.52. The molecular weight excluding hydrogens is 213 g/mol. The molecule has 0 aliphatic heterocycles. The van der Waals surface area contributed by atoms with Crippen LogP contribution in [0, 0.1) is 12.7 Å². The summed E-state index contributed by atoms with van der Waals surface area (Å²) in [5, 5.41) is 0. The Kier molecular flexibility index (Phi) is 5.55. The monoisotopic (exact) mass is 229 g/mol. The number of hydrogen-bond donors (Lipinski definition) is 1. The Morgan fingerprint density at radius 1 is 1.53 bits per heavy atom. The zero-order valence-electron chi connectivity index (χ0n) is 9.09. The molecule has 0 fully saturated rings. The topological polar surface area (TPSA) is 26.0 Å². The van der Waals surface area contributed by atoms with Gasteiger partial charge in [-0.1, -0.05) is 11.6 Å². The summed E-state index contributed by atoms with van der Waals surface area (Å²) < 4.78 is 13.0. The van der Waals surface area contributed by atoms with Gasteiger partial charge in [-0.25, -0.2) is 4.39 Å². The molecule has 0 saturated carbocycles. The second-order valence-electron chi connectivity index (χ2n) is 3.77. The van der Waals surface area contributed by atoms with Crippen LogP contribution in [-0.4, -0.2) is 0 Å². The fourth-order valence-electron chi connectivity index (χ4n) is 1.50. The van der Waals surface area contributed by atoms with Gasteiger partial charge in [-0.3, -0.25) is 0 Å². The zero-order valence-corrected chi connectivity index (χ0v) is 9.90. The summed E-state index contributed by atoms with van der Waals surface area (Å²) in [4.78, 5) is 0. The van der Waals surface area contributed by atoms with E-state index in [4.69, 9.17) is 5.73 Å². The van der Waals surface area contributed by atoms with E-state index in [-0.39, 0.29) is 24.3 Å². The third-order valence-corrected chi connectivity index (χ3v) is 2.21. The normalized spacial score (nSPS) is 11.7. The first-order valence-electron chi connectivity index (χ1n) is 4.66. The van der Waals surface area contributed by atoms with Gasteiger partial charge < -0.3 is 5.73 Å². The molecule has 0 spiro atoms. The first-order valence-corrected chi connectivity index (χ1v) is 4.66. The van der Waals surface area contributed by atoms with Crippen LogP contribution in [0.5, 0.6) is 0 Å². The summed E-state index contributed by atoms with van der Waals surface area (Å²) in [5.74, 6) is -0.234. The molecule has 1 aromatic rings. The third kappa shape index (κ3) is 4.02. The molecule has 0 radical (unpaired) electrons. The summed E-state index contributed by atoms with van der Waals surface area (Å²) in [6.07, 6.45) is 0.699. The highest BCUT2D eigenvalue weighted by molar-refractivity contribution is 5.85. The Hall–Kier alpha value is -0.860. The van der Waals surface area contributed by atoms with Crippen LogP contribution in [0.3, 0.4) is 0 Å². The lowest BCUT2D eigenvalue weighted by Crippen LogP contribution is -2.12. The van der Waals surface area contributed by atoms with Gasteiger partial charge in [0.25, 0.3) is 0 Å². The third-order valence-electron chi connectivity index (χ3n) is 2.21. The summed E-state index contributed by atoms with van der Waals surface area (Å²) in [6.45, 7) is 7.66. The van der Waals surface area contributed by atoms with Crippen LogP contribution < -0.4 is 5.73 Å². The summed E-state index contributed by atoms with van der Waals surface area (Å²) >= 11 is 0. The first-order chi connectivity index (χ1) is 6.50. The molecule has 0 unspecified atom stereocenters. The minimum atomic E-state index is -0.234.